The van der Waals surface area contributed by atoms with Gasteiger partial charge in [-0.25, -0.2) is 0 Å². The maximum absolute atomic E-state index is 11.3. The van der Waals surface area contributed by atoms with Crippen molar-refractivity contribution in [1.29, 1.82) is 0 Å². The van der Waals surface area contributed by atoms with E-state index in [0.717, 1.165) is 6.42 Å². The number of aliphatic hydroxyl groups is 1. The molecule has 0 spiro atoms. The molecule has 88 valence electrons. The highest BCUT2D eigenvalue weighted by Crippen LogP contribution is 1.97. The average molecular weight is 222 g/mol. The van der Waals surface area contributed by atoms with Crippen molar-refractivity contribution >= 4 is 5.91 Å². The molecule has 1 rings (SSSR count). The van der Waals surface area contributed by atoms with Crippen LogP contribution in [0.15, 0.2) is 30.3 Å². The van der Waals surface area contributed by atoms with E-state index in [9.17, 15) is 4.79 Å². The van der Waals surface area contributed by atoms with Gasteiger partial charge in [0.05, 0.1) is 13.2 Å². The molecular weight excluding hydrogens is 204 g/mol. The first-order chi connectivity index (χ1) is 7.83. The summed E-state index contributed by atoms with van der Waals surface area (Å²) in [5, 5.41) is 14.1. The molecule has 3 N–H and O–H groups in total. The van der Waals surface area contributed by atoms with Gasteiger partial charge in [0, 0.05) is 13.1 Å². The highest BCUT2D eigenvalue weighted by atomic mass is 16.3. The Kier molecular flexibility index (Phi) is 6.22. The molecule has 4 nitrogen and oxygen atoms in total. The predicted molar refractivity (Wildman–Crippen MR) is 63.1 cm³/mol. The maximum Gasteiger partial charge on any atom is 0.233 e. The number of nitrogens with one attached hydrogen (secondary N) is 2. The second-order valence-corrected chi connectivity index (χ2v) is 3.49. The first kappa shape index (κ1) is 12.7. The molecule has 0 aliphatic heterocycles. The van der Waals surface area contributed by atoms with Gasteiger partial charge >= 0.3 is 0 Å². The molecule has 1 aromatic rings. The summed E-state index contributed by atoms with van der Waals surface area (Å²) in [6.07, 6.45) is 0.840. The maximum atomic E-state index is 11.3. The van der Waals surface area contributed by atoms with E-state index >= 15 is 0 Å². The standard InChI is InChI=1S/C12H18N2O2/c15-9-8-13-10-12(16)14-7-6-11-4-2-1-3-5-11/h1-5,13,15H,6-10H2,(H,14,16). The summed E-state index contributed by atoms with van der Waals surface area (Å²) in [6.45, 7) is 1.41. The van der Waals surface area contributed by atoms with Gasteiger partial charge in [0.1, 0.15) is 0 Å². The molecule has 16 heavy (non-hydrogen) atoms. The van der Waals surface area contributed by atoms with Crippen molar-refractivity contribution in [2.45, 2.75) is 6.42 Å². The topological polar surface area (TPSA) is 61.4 Å². The second kappa shape index (κ2) is 7.84. The van der Waals surface area contributed by atoms with E-state index in [4.69, 9.17) is 5.11 Å². The lowest BCUT2D eigenvalue weighted by atomic mass is 10.1. The second-order valence-electron chi connectivity index (χ2n) is 3.49. The Morgan fingerprint density at radius 3 is 2.62 bits per heavy atom. The van der Waals surface area contributed by atoms with E-state index in [-0.39, 0.29) is 19.1 Å². The molecule has 0 aliphatic carbocycles. The zero-order chi connectivity index (χ0) is 11.6. The van der Waals surface area contributed by atoms with Crippen LogP contribution < -0.4 is 10.6 Å². The molecule has 0 saturated heterocycles. The Hall–Kier alpha value is -1.39. The Labute approximate surface area is 95.7 Å². The molecule has 0 fully saturated rings. The fraction of sp³-hybridized carbons (Fsp3) is 0.417. The molecular formula is C12H18N2O2. The van der Waals surface area contributed by atoms with Crippen molar-refractivity contribution in [3.05, 3.63) is 35.9 Å². The molecule has 1 aromatic carbocycles. The fourth-order valence-corrected chi connectivity index (χ4v) is 1.33. The molecule has 0 saturated carbocycles. The van der Waals surface area contributed by atoms with Crippen molar-refractivity contribution in [3.63, 3.8) is 0 Å². The number of hydrogen-bond donors (Lipinski definition) is 3. The number of rotatable bonds is 7. The third-order valence-corrected chi connectivity index (χ3v) is 2.15. The van der Waals surface area contributed by atoms with E-state index in [1.54, 1.807) is 0 Å². The molecule has 0 heterocycles. The van der Waals surface area contributed by atoms with E-state index in [2.05, 4.69) is 10.6 Å². The Morgan fingerprint density at radius 2 is 1.94 bits per heavy atom. The smallest absolute Gasteiger partial charge is 0.233 e. The van der Waals surface area contributed by atoms with Gasteiger partial charge in [-0.05, 0) is 12.0 Å². The minimum atomic E-state index is -0.0376. The van der Waals surface area contributed by atoms with Crippen LogP contribution in [0.4, 0.5) is 0 Å². The van der Waals surface area contributed by atoms with Gasteiger partial charge in [0.15, 0.2) is 0 Å². The number of aliphatic hydroxyl groups excluding tert-OH is 1. The molecule has 0 aromatic heterocycles. The largest absolute Gasteiger partial charge is 0.395 e. The quantitative estimate of drug-likeness (QED) is 0.566. The van der Waals surface area contributed by atoms with Crippen molar-refractivity contribution in [2.75, 3.05) is 26.2 Å². The van der Waals surface area contributed by atoms with Crippen LogP contribution in [-0.4, -0.2) is 37.3 Å². The monoisotopic (exact) mass is 222 g/mol. The first-order valence-electron chi connectivity index (χ1n) is 5.45. The summed E-state index contributed by atoms with van der Waals surface area (Å²) < 4.78 is 0. The summed E-state index contributed by atoms with van der Waals surface area (Å²) in [6, 6.07) is 10.0. The van der Waals surface area contributed by atoms with Gasteiger partial charge in [-0.15, -0.1) is 0 Å². The van der Waals surface area contributed by atoms with E-state index < -0.39 is 0 Å². The summed E-state index contributed by atoms with van der Waals surface area (Å²) >= 11 is 0. The van der Waals surface area contributed by atoms with Gasteiger partial charge in [0.25, 0.3) is 0 Å². The number of hydrogen-bond acceptors (Lipinski definition) is 3. The third kappa shape index (κ3) is 5.48. The molecule has 0 bridgehead atoms. The molecule has 0 unspecified atom stereocenters. The van der Waals surface area contributed by atoms with E-state index in [1.807, 2.05) is 30.3 Å². The zero-order valence-corrected chi connectivity index (χ0v) is 9.28. The fourth-order valence-electron chi connectivity index (χ4n) is 1.33. The van der Waals surface area contributed by atoms with Gasteiger partial charge in [0.2, 0.25) is 5.91 Å². The van der Waals surface area contributed by atoms with Crippen LogP contribution >= 0.6 is 0 Å². The molecule has 0 radical (unpaired) electrons. The minimum Gasteiger partial charge on any atom is -0.395 e. The lowest BCUT2D eigenvalue weighted by molar-refractivity contribution is -0.120. The van der Waals surface area contributed by atoms with Crippen molar-refractivity contribution in [1.82, 2.24) is 10.6 Å². The van der Waals surface area contributed by atoms with Crippen molar-refractivity contribution < 1.29 is 9.90 Å². The van der Waals surface area contributed by atoms with Gasteiger partial charge in [-0.1, -0.05) is 30.3 Å². The highest BCUT2D eigenvalue weighted by Gasteiger charge is 1.99. The summed E-state index contributed by atoms with van der Waals surface area (Å²) in [7, 11) is 0. The van der Waals surface area contributed by atoms with Crippen LogP contribution in [0.1, 0.15) is 5.56 Å². The number of amides is 1. The zero-order valence-electron chi connectivity index (χ0n) is 9.28. The average Bonchev–Trinajstić information content (AvgIpc) is 2.31. The van der Waals surface area contributed by atoms with E-state index in [0.29, 0.717) is 13.1 Å². The minimum absolute atomic E-state index is 0.0376. The number of benzene rings is 1. The van der Waals surface area contributed by atoms with Crippen LogP contribution in [0.25, 0.3) is 0 Å². The molecule has 4 heteroatoms. The third-order valence-electron chi connectivity index (χ3n) is 2.15. The van der Waals surface area contributed by atoms with Crippen LogP contribution in [-0.2, 0) is 11.2 Å². The summed E-state index contributed by atoms with van der Waals surface area (Å²) in [4.78, 5) is 11.3. The Bertz CT molecular complexity index is 301. The van der Waals surface area contributed by atoms with Gasteiger partial charge < -0.3 is 15.7 Å². The summed E-state index contributed by atoms with van der Waals surface area (Å²) in [5.41, 5.74) is 1.21. The van der Waals surface area contributed by atoms with Crippen molar-refractivity contribution in [3.8, 4) is 0 Å². The number of carbonyl (C=O) groups excluding carboxylic acids is 1. The lowest BCUT2D eigenvalue weighted by Crippen LogP contribution is -2.35. The predicted octanol–water partition coefficient (Wildman–Crippen LogP) is -0.0728. The van der Waals surface area contributed by atoms with Crippen LogP contribution in [0, 0.1) is 0 Å². The lowest BCUT2D eigenvalue weighted by Gasteiger charge is -2.05. The molecule has 0 aliphatic rings. The SMILES string of the molecule is O=C(CNCCO)NCCc1ccccc1. The van der Waals surface area contributed by atoms with Crippen LogP contribution in [0.5, 0.6) is 0 Å². The van der Waals surface area contributed by atoms with Gasteiger partial charge in [-0.3, -0.25) is 4.79 Å². The van der Waals surface area contributed by atoms with Crippen molar-refractivity contribution in [2.24, 2.45) is 0 Å². The molecule has 0 atom stereocenters. The number of carbonyl (C=O) groups is 1. The molecule has 1 amide bonds. The van der Waals surface area contributed by atoms with E-state index in [1.165, 1.54) is 5.56 Å². The van der Waals surface area contributed by atoms with Crippen LogP contribution in [0.2, 0.25) is 0 Å². The Balaban J connectivity index is 2.09. The Morgan fingerprint density at radius 1 is 1.19 bits per heavy atom. The normalized spacial score (nSPS) is 10.1. The summed E-state index contributed by atoms with van der Waals surface area (Å²) in [5.74, 6) is -0.0376. The van der Waals surface area contributed by atoms with Gasteiger partial charge in [-0.2, -0.15) is 0 Å². The van der Waals surface area contributed by atoms with Crippen LogP contribution in [0.3, 0.4) is 0 Å². The first-order valence-corrected chi connectivity index (χ1v) is 5.45. The highest BCUT2D eigenvalue weighted by molar-refractivity contribution is 5.77.